The fourth-order valence-corrected chi connectivity index (χ4v) is 1.84. The lowest BCUT2D eigenvalue weighted by Crippen LogP contribution is -2.35. The molecule has 0 aliphatic rings. The van der Waals surface area contributed by atoms with E-state index in [9.17, 15) is 0 Å². The van der Waals surface area contributed by atoms with Gasteiger partial charge in [0, 0.05) is 24.2 Å². The fraction of sp³-hybridized carbons (Fsp3) is 0.692. The Morgan fingerprint density at radius 2 is 2.06 bits per heavy atom. The predicted molar refractivity (Wildman–Crippen MR) is 69.3 cm³/mol. The van der Waals surface area contributed by atoms with E-state index in [1.54, 1.807) is 7.11 Å². The Morgan fingerprint density at radius 1 is 1.35 bits per heavy atom. The van der Waals surface area contributed by atoms with Crippen molar-refractivity contribution in [3.05, 3.63) is 17.6 Å². The van der Waals surface area contributed by atoms with E-state index in [1.807, 2.05) is 13.0 Å². The summed E-state index contributed by atoms with van der Waals surface area (Å²) in [6, 6.07) is 2.36. The van der Waals surface area contributed by atoms with Gasteiger partial charge in [-0.25, -0.2) is 4.98 Å². The van der Waals surface area contributed by atoms with E-state index in [-0.39, 0.29) is 0 Å². The second kappa shape index (κ2) is 6.55. The van der Waals surface area contributed by atoms with Gasteiger partial charge in [-0.2, -0.15) is 4.98 Å². The molecule has 0 saturated heterocycles. The summed E-state index contributed by atoms with van der Waals surface area (Å²) in [5.41, 5.74) is 1.04. The van der Waals surface area contributed by atoms with E-state index in [4.69, 9.17) is 4.74 Å². The van der Waals surface area contributed by atoms with Gasteiger partial charge in [0.05, 0.1) is 7.11 Å². The first kappa shape index (κ1) is 13.9. The molecule has 0 fully saturated rings. The molecule has 0 aliphatic carbocycles. The number of nitrogens with one attached hydrogen (secondary N) is 1. The molecule has 17 heavy (non-hydrogen) atoms. The van der Waals surface area contributed by atoms with Crippen LogP contribution in [-0.4, -0.2) is 29.7 Å². The van der Waals surface area contributed by atoms with Crippen LogP contribution < -0.4 is 10.1 Å². The number of aromatic nitrogens is 2. The van der Waals surface area contributed by atoms with E-state index in [1.165, 1.54) is 0 Å². The average molecular weight is 237 g/mol. The van der Waals surface area contributed by atoms with Crippen molar-refractivity contribution >= 4 is 0 Å². The molecule has 1 unspecified atom stereocenters. The Bertz CT molecular complexity index is 353. The molecule has 1 aromatic heterocycles. The van der Waals surface area contributed by atoms with E-state index < -0.39 is 0 Å². The van der Waals surface area contributed by atoms with Gasteiger partial charge in [0.2, 0.25) is 5.88 Å². The molecule has 4 nitrogen and oxygen atoms in total. The van der Waals surface area contributed by atoms with Gasteiger partial charge < -0.3 is 10.1 Å². The van der Waals surface area contributed by atoms with Crippen molar-refractivity contribution in [2.45, 2.75) is 40.2 Å². The summed E-state index contributed by atoms with van der Waals surface area (Å²) in [5.74, 6) is 1.99. The summed E-state index contributed by atoms with van der Waals surface area (Å²) in [6.45, 7) is 9.44. The largest absolute Gasteiger partial charge is 0.481 e. The van der Waals surface area contributed by atoms with E-state index >= 15 is 0 Å². The summed E-state index contributed by atoms with van der Waals surface area (Å²) < 4.78 is 5.17. The number of ether oxygens (including phenoxy) is 1. The van der Waals surface area contributed by atoms with Crippen molar-refractivity contribution in [3.8, 4) is 5.88 Å². The van der Waals surface area contributed by atoms with Crippen LogP contribution in [0.2, 0.25) is 0 Å². The molecule has 0 saturated carbocycles. The number of hydrogen-bond donors (Lipinski definition) is 1. The van der Waals surface area contributed by atoms with Crippen LogP contribution >= 0.6 is 0 Å². The van der Waals surface area contributed by atoms with Gasteiger partial charge in [-0.3, -0.25) is 0 Å². The molecule has 1 N–H and O–H groups in total. The highest BCUT2D eigenvalue weighted by atomic mass is 16.5. The minimum absolute atomic E-state index is 0.444. The van der Waals surface area contributed by atoms with Crippen LogP contribution in [0.3, 0.4) is 0 Å². The van der Waals surface area contributed by atoms with E-state index in [0.29, 0.717) is 17.8 Å². The van der Waals surface area contributed by atoms with Crippen molar-refractivity contribution < 1.29 is 4.74 Å². The number of methoxy groups -OCH3 is 1. The Balaban J connectivity index is 2.81. The smallest absolute Gasteiger partial charge is 0.216 e. The number of rotatable bonds is 6. The molecular formula is C13H23N3O. The Labute approximate surface area is 104 Å². The van der Waals surface area contributed by atoms with Crippen molar-refractivity contribution in [2.24, 2.45) is 5.92 Å². The highest BCUT2D eigenvalue weighted by Gasteiger charge is 2.14. The summed E-state index contributed by atoms with van der Waals surface area (Å²) in [7, 11) is 1.63. The van der Waals surface area contributed by atoms with Gasteiger partial charge in [-0.05, 0) is 19.4 Å². The maximum atomic E-state index is 5.17. The zero-order valence-corrected chi connectivity index (χ0v) is 11.4. The molecule has 0 aromatic carbocycles. The molecule has 0 aliphatic heterocycles. The van der Waals surface area contributed by atoms with Gasteiger partial charge >= 0.3 is 0 Å². The van der Waals surface area contributed by atoms with Gasteiger partial charge in [-0.15, -0.1) is 0 Å². The van der Waals surface area contributed by atoms with Crippen molar-refractivity contribution in [2.75, 3.05) is 13.7 Å². The minimum atomic E-state index is 0.444. The quantitative estimate of drug-likeness (QED) is 0.821. The Hall–Kier alpha value is -1.16. The van der Waals surface area contributed by atoms with Crippen molar-refractivity contribution in [1.82, 2.24) is 15.3 Å². The molecule has 0 bridgehead atoms. The van der Waals surface area contributed by atoms with Crippen molar-refractivity contribution in [1.29, 1.82) is 0 Å². The monoisotopic (exact) mass is 237 g/mol. The summed E-state index contributed by atoms with van der Waals surface area (Å²) in [5, 5.41) is 3.49. The second-order valence-corrected chi connectivity index (χ2v) is 4.56. The van der Waals surface area contributed by atoms with Gasteiger partial charge in [-0.1, -0.05) is 20.8 Å². The summed E-state index contributed by atoms with van der Waals surface area (Å²) >= 11 is 0. The lowest BCUT2D eigenvalue weighted by Gasteiger charge is -2.21. The number of aryl methyl sites for hydroxylation is 1. The van der Waals surface area contributed by atoms with Crippen LogP contribution in [0, 0.1) is 12.8 Å². The summed E-state index contributed by atoms with van der Waals surface area (Å²) in [6.07, 6.45) is 0.908. The fourth-order valence-electron chi connectivity index (χ4n) is 1.84. The van der Waals surface area contributed by atoms with Gasteiger partial charge in [0.15, 0.2) is 0 Å². The molecular weight excluding hydrogens is 214 g/mol. The highest BCUT2D eigenvalue weighted by Crippen LogP contribution is 2.13. The van der Waals surface area contributed by atoms with Crippen LogP contribution in [0.4, 0.5) is 0 Å². The first-order valence-electron chi connectivity index (χ1n) is 6.18. The normalized spacial score (nSPS) is 12.8. The van der Waals surface area contributed by atoms with Crippen LogP contribution in [0.1, 0.15) is 32.3 Å². The third-order valence-corrected chi connectivity index (χ3v) is 2.78. The first-order valence-corrected chi connectivity index (χ1v) is 6.18. The lowest BCUT2D eigenvalue weighted by atomic mass is 9.99. The summed E-state index contributed by atoms with van der Waals surface area (Å²) in [4.78, 5) is 8.65. The Morgan fingerprint density at radius 3 is 2.59 bits per heavy atom. The standard InChI is InChI=1S/C13H23N3O/c1-6-14-12(9(2)3)7-11-8-13(17-5)16-10(4)15-11/h8-9,12,14H,6-7H2,1-5H3. The lowest BCUT2D eigenvalue weighted by molar-refractivity contribution is 0.386. The molecule has 1 atom stereocenters. The topological polar surface area (TPSA) is 47.0 Å². The number of nitrogens with zero attached hydrogens (tertiary/aromatic N) is 2. The Kier molecular flexibility index (Phi) is 5.35. The molecule has 0 radical (unpaired) electrons. The minimum Gasteiger partial charge on any atom is -0.481 e. The van der Waals surface area contributed by atoms with Crippen LogP contribution in [0.5, 0.6) is 5.88 Å². The molecule has 1 rings (SSSR count). The number of likely N-dealkylation sites (N-methyl/N-ethyl adjacent to an activating group) is 1. The molecule has 96 valence electrons. The van der Waals surface area contributed by atoms with Crippen LogP contribution in [-0.2, 0) is 6.42 Å². The molecule has 0 spiro atoms. The maximum absolute atomic E-state index is 5.17. The van der Waals surface area contributed by atoms with Crippen LogP contribution in [0.25, 0.3) is 0 Å². The third kappa shape index (κ3) is 4.30. The molecule has 0 amide bonds. The van der Waals surface area contributed by atoms with Crippen molar-refractivity contribution in [3.63, 3.8) is 0 Å². The van der Waals surface area contributed by atoms with Gasteiger partial charge in [0.25, 0.3) is 0 Å². The first-order chi connectivity index (χ1) is 8.06. The zero-order valence-electron chi connectivity index (χ0n) is 11.4. The molecule has 4 heteroatoms. The number of hydrogen-bond acceptors (Lipinski definition) is 4. The highest BCUT2D eigenvalue weighted by molar-refractivity contribution is 5.17. The SMILES string of the molecule is CCNC(Cc1cc(OC)nc(C)n1)C(C)C. The zero-order chi connectivity index (χ0) is 12.8. The maximum Gasteiger partial charge on any atom is 0.216 e. The van der Waals surface area contributed by atoms with E-state index in [0.717, 1.165) is 24.5 Å². The molecule has 1 aromatic rings. The average Bonchev–Trinajstić information content (AvgIpc) is 2.27. The second-order valence-electron chi connectivity index (χ2n) is 4.56. The molecule has 1 heterocycles. The third-order valence-electron chi connectivity index (χ3n) is 2.78. The predicted octanol–water partition coefficient (Wildman–Crippen LogP) is 1.97. The van der Waals surface area contributed by atoms with E-state index in [2.05, 4.69) is 36.1 Å². The van der Waals surface area contributed by atoms with Crippen LogP contribution in [0.15, 0.2) is 6.07 Å². The van der Waals surface area contributed by atoms with Gasteiger partial charge in [0.1, 0.15) is 5.82 Å².